The molecule has 3 rings (SSSR count). The number of carbonyl (C=O) groups excluding carboxylic acids is 1. The molecule has 1 aromatic heterocycles. The van der Waals surface area contributed by atoms with Crippen molar-refractivity contribution in [2.75, 3.05) is 0 Å². The SMILES string of the molecule is Cc1nc(C(F)(F)F)ccc1S(=O)(=O)N1C2CCC1CC(NC(=O)C(F)(F)F)C2. The second kappa shape index (κ2) is 7.11. The van der Waals surface area contributed by atoms with Crippen molar-refractivity contribution in [3.63, 3.8) is 0 Å². The molecule has 2 fully saturated rings. The number of alkyl halides is 6. The molecule has 2 aliphatic heterocycles. The molecule has 29 heavy (non-hydrogen) atoms. The summed E-state index contributed by atoms with van der Waals surface area (Å²) in [7, 11) is -4.20. The summed E-state index contributed by atoms with van der Waals surface area (Å²) in [4.78, 5) is 14.1. The van der Waals surface area contributed by atoms with Crippen LogP contribution in [-0.2, 0) is 21.0 Å². The van der Waals surface area contributed by atoms with Gasteiger partial charge in [0.05, 0.1) is 5.69 Å². The van der Waals surface area contributed by atoms with E-state index in [2.05, 4.69) is 4.98 Å². The molecular formula is C16H17F6N3O3S. The molecule has 0 saturated carbocycles. The molecule has 2 aliphatic rings. The standard InChI is InChI=1S/C16H17F6N3O3S/c1-8-12(4-5-13(23-8)15(17,18)19)29(27,28)25-10-2-3-11(25)7-9(6-10)24-14(26)16(20,21)22/h4-5,9-11H,2-3,6-7H2,1H3,(H,24,26). The van der Waals surface area contributed by atoms with Gasteiger partial charge in [-0.1, -0.05) is 0 Å². The Morgan fingerprint density at radius 1 is 1.10 bits per heavy atom. The van der Waals surface area contributed by atoms with E-state index in [9.17, 15) is 39.6 Å². The van der Waals surface area contributed by atoms with Crippen molar-refractivity contribution in [1.29, 1.82) is 0 Å². The van der Waals surface area contributed by atoms with Crippen molar-refractivity contribution >= 4 is 15.9 Å². The van der Waals surface area contributed by atoms with Crippen LogP contribution < -0.4 is 5.32 Å². The monoisotopic (exact) mass is 445 g/mol. The highest BCUT2D eigenvalue weighted by Crippen LogP contribution is 2.41. The zero-order valence-corrected chi connectivity index (χ0v) is 15.8. The van der Waals surface area contributed by atoms with E-state index in [-0.39, 0.29) is 23.4 Å². The lowest BCUT2D eigenvalue weighted by Gasteiger charge is -2.38. The Balaban J connectivity index is 1.82. The summed E-state index contributed by atoms with van der Waals surface area (Å²) >= 11 is 0. The maximum Gasteiger partial charge on any atom is 0.471 e. The van der Waals surface area contributed by atoms with Gasteiger partial charge < -0.3 is 5.32 Å². The van der Waals surface area contributed by atoms with E-state index in [0.717, 1.165) is 17.3 Å². The average Bonchev–Trinajstić information content (AvgIpc) is 2.85. The Labute approximate surface area is 162 Å². The maximum absolute atomic E-state index is 13.1. The van der Waals surface area contributed by atoms with Crippen LogP contribution in [0, 0.1) is 6.92 Å². The molecule has 2 atom stereocenters. The van der Waals surface area contributed by atoms with Crippen LogP contribution in [0.2, 0.25) is 0 Å². The van der Waals surface area contributed by atoms with Crippen LogP contribution in [0.25, 0.3) is 0 Å². The predicted molar refractivity (Wildman–Crippen MR) is 87.0 cm³/mol. The Hall–Kier alpha value is -1.89. The molecule has 13 heteroatoms. The van der Waals surface area contributed by atoms with Gasteiger partial charge >= 0.3 is 18.3 Å². The van der Waals surface area contributed by atoms with Crippen LogP contribution in [0.1, 0.15) is 37.1 Å². The molecule has 1 amide bonds. The minimum atomic E-state index is -5.04. The average molecular weight is 445 g/mol. The van der Waals surface area contributed by atoms with E-state index < -0.39 is 52.1 Å². The van der Waals surface area contributed by atoms with Gasteiger partial charge in [0.2, 0.25) is 10.0 Å². The third-order valence-electron chi connectivity index (χ3n) is 5.14. The van der Waals surface area contributed by atoms with Crippen LogP contribution in [0.3, 0.4) is 0 Å². The van der Waals surface area contributed by atoms with Gasteiger partial charge in [-0.05, 0) is 44.7 Å². The second-order valence-corrected chi connectivity index (χ2v) is 8.95. The third kappa shape index (κ3) is 4.20. The molecule has 0 aromatic carbocycles. The smallest absolute Gasteiger partial charge is 0.345 e. The Bertz CT molecular complexity index is 901. The summed E-state index contributed by atoms with van der Waals surface area (Å²) < 4.78 is 103. The maximum atomic E-state index is 13.1. The van der Waals surface area contributed by atoms with Crippen molar-refractivity contribution in [2.45, 2.75) is 68.0 Å². The molecule has 2 bridgehead atoms. The first-order valence-electron chi connectivity index (χ1n) is 8.67. The van der Waals surface area contributed by atoms with Crippen molar-refractivity contribution in [3.8, 4) is 0 Å². The lowest BCUT2D eigenvalue weighted by Crippen LogP contribution is -2.54. The van der Waals surface area contributed by atoms with Crippen molar-refractivity contribution in [3.05, 3.63) is 23.5 Å². The summed E-state index contributed by atoms with van der Waals surface area (Å²) in [6, 6.07) is -0.715. The molecule has 1 N–H and O–H groups in total. The van der Waals surface area contributed by atoms with Crippen LogP contribution in [0.15, 0.2) is 17.0 Å². The largest absolute Gasteiger partial charge is 0.471 e. The lowest BCUT2D eigenvalue weighted by molar-refractivity contribution is -0.174. The van der Waals surface area contributed by atoms with E-state index in [1.54, 1.807) is 0 Å². The van der Waals surface area contributed by atoms with Gasteiger partial charge in [-0.3, -0.25) is 4.79 Å². The fourth-order valence-electron chi connectivity index (χ4n) is 4.00. The number of nitrogens with one attached hydrogen (secondary N) is 1. The summed E-state index contributed by atoms with van der Waals surface area (Å²) in [5, 5.41) is 1.88. The molecular weight excluding hydrogens is 428 g/mol. The van der Waals surface area contributed by atoms with E-state index in [0.29, 0.717) is 18.9 Å². The molecule has 1 aromatic rings. The number of halogens is 6. The first-order valence-corrected chi connectivity index (χ1v) is 10.1. The number of hydrogen-bond acceptors (Lipinski definition) is 4. The predicted octanol–water partition coefficient (Wildman–Crippen LogP) is 2.77. The zero-order valence-electron chi connectivity index (χ0n) is 15.0. The van der Waals surface area contributed by atoms with Gasteiger partial charge in [0, 0.05) is 18.1 Å². The molecule has 162 valence electrons. The number of nitrogens with zero attached hydrogens (tertiary/aromatic N) is 2. The summed E-state index contributed by atoms with van der Waals surface area (Å²) in [5.41, 5.74) is -1.53. The highest BCUT2D eigenvalue weighted by Gasteiger charge is 2.49. The third-order valence-corrected chi connectivity index (χ3v) is 7.28. The lowest BCUT2D eigenvalue weighted by atomic mass is 10.00. The fraction of sp³-hybridized carbons (Fsp3) is 0.625. The van der Waals surface area contributed by atoms with Crippen LogP contribution >= 0.6 is 0 Å². The van der Waals surface area contributed by atoms with Gasteiger partial charge in [-0.15, -0.1) is 0 Å². The van der Waals surface area contributed by atoms with Crippen LogP contribution in [0.4, 0.5) is 26.3 Å². The molecule has 0 radical (unpaired) electrons. The fourth-order valence-corrected chi connectivity index (χ4v) is 6.06. The first-order chi connectivity index (χ1) is 13.2. The number of hydrogen-bond donors (Lipinski definition) is 1. The zero-order chi connectivity index (χ0) is 21.8. The van der Waals surface area contributed by atoms with E-state index >= 15 is 0 Å². The molecule has 0 aliphatic carbocycles. The number of piperidine rings is 1. The number of pyridine rings is 1. The van der Waals surface area contributed by atoms with Crippen molar-refractivity contribution < 1.29 is 39.6 Å². The van der Waals surface area contributed by atoms with Crippen LogP contribution in [-0.4, -0.2) is 47.9 Å². The number of sulfonamides is 1. The van der Waals surface area contributed by atoms with E-state index in [4.69, 9.17) is 0 Å². The number of fused-ring (bicyclic) bond motifs is 2. The summed E-state index contributed by atoms with van der Waals surface area (Å²) in [6.07, 6.45) is -9.01. The highest BCUT2D eigenvalue weighted by molar-refractivity contribution is 7.89. The van der Waals surface area contributed by atoms with E-state index in [1.165, 1.54) is 0 Å². The quantitative estimate of drug-likeness (QED) is 0.726. The van der Waals surface area contributed by atoms with Gasteiger partial charge in [0.25, 0.3) is 0 Å². The highest BCUT2D eigenvalue weighted by atomic mass is 32.2. The Kier molecular flexibility index (Phi) is 5.35. The van der Waals surface area contributed by atoms with Gasteiger partial charge in [0.15, 0.2) is 0 Å². The number of rotatable bonds is 3. The molecule has 3 heterocycles. The first kappa shape index (κ1) is 21.8. The number of aromatic nitrogens is 1. The Morgan fingerprint density at radius 3 is 2.10 bits per heavy atom. The van der Waals surface area contributed by atoms with Crippen molar-refractivity contribution in [2.24, 2.45) is 0 Å². The number of carbonyl (C=O) groups is 1. The molecule has 2 unspecified atom stereocenters. The second-order valence-electron chi connectivity index (χ2n) is 7.14. The van der Waals surface area contributed by atoms with Gasteiger partial charge in [-0.2, -0.15) is 30.6 Å². The van der Waals surface area contributed by atoms with Gasteiger partial charge in [-0.25, -0.2) is 13.4 Å². The number of aryl methyl sites for hydroxylation is 1. The van der Waals surface area contributed by atoms with Crippen LogP contribution in [0.5, 0.6) is 0 Å². The molecule has 2 saturated heterocycles. The summed E-state index contributed by atoms with van der Waals surface area (Å²) in [5.74, 6) is -2.08. The minimum absolute atomic E-state index is 0.00927. The molecule has 6 nitrogen and oxygen atoms in total. The normalized spacial score (nSPS) is 25.8. The topological polar surface area (TPSA) is 79.4 Å². The summed E-state index contributed by atoms with van der Waals surface area (Å²) in [6.45, 7) is 1.15. The molecule has 0 spiro atoms. The van der Waals surface area contributed by atoms with Crippen molar-refractivity contribution in [1.82, 2.24) is 14.6 Å². The minimum Gasteiger partial charge on any atom is -0.345 e. The number of amides is 1. The van der Waals surface area contributed by atoms with E-state index in [1.807, 2.05) is 5.32 Å². The Morgan fingerprint density at radius 2 is 1.66 bits per heavy atom. The van der Waals surface area contributed by atoms with Gasteiger partial charge in [0.1, 0.15) is 10.6 Å².